The molecule has 7 nitrogen and oxygen atoms in total. The van der Waals surface area contributed by atoms with Crippen molar-refractivity contribution < 1.29 is 23.4 Å². The van der Waals surface area contributed by atoms with Gasteiger partial charge in [-0.05, 0) is 35.9 Å². The number of nitrogens with zero attached hydrogens (tertiary/aromatic N) is 2. The Kier molecular flexibility index (Phi) is 5.45. The molecule has 162 valence electrons. The van der Waals surface area contributed by atoms with Crippen LogP contribution in [0.2, 0.25) is 0 Å². The highest BCUT2D eigenvalue weighted by atomic mass is 32.1. The highest BCUT2D eigenvalue weighted by Gasteiger charge is 2.38. The highest BCUT2D eigenvalue weighted by molar-refractivity contribution is 7.10. The number of halogens is 1. The normalized spacial score (nSPS) is 15.6. The standard InChI is InChI=1S/C22H21FN2O5S/c1-24-21-20(31-22(24)27)15(11-18(26)25(21)14-7-5-6-13(23)10-14)12-8-16(28-2)19(30-4)17(9-12)29-3/h5-10,15H,11H2,1-4H3/t15-/m0/s1. The van der Waals surface area contributed by atoms with E-state index < -0.39 is 5.82 Å². The molecule has 1 aliphatic rings. The molecule has 1 aliphatic heterocycles. The average Bonchev–Trinajstić information content (AvgIpc) is 3.06. The minimum atomic E-state index is -0.459. The van der Waals surface area contributed by atoms with Gasteiger partial charge in [-0.1, -0.05) is 17.4 Å². The smallest absolute Gasteiger partial charge is 0.308 e. The lowest BCUT2D eigenvalue weighted by molar-refractivity contribution is -0.118. The van der Waals surface area contributed by atoms with Gasteiger partial charge in [0.05, 0.1) is 31.9 Å². The van der Waals surface area contributed by atoms with Crippen LogP contribution in [0, 0.1) is 5.82 Å². The first-order valence-electron chi connectivity index (χ1n) is 9.47. The Bertz CT molecular complexity index is 1190. The van der Waals surface area contributed by atoms with Crippen LogP contribution in [0.15, 0.2) is 41.2 Å². The van der Waals surface area contributed by atoms with Crippen molar-refractivity contribution in [2.24, 2.45) is 7.05 Å². The van der Waals surface area contributed by atoms with Gasteiger partial charge >= 0.3 is 4.87 Å². The largest absolute Gasteiger partial charge is 0.493 e. The van der Waals surface area contributed by atoms with Crippen molar-refractivity contribution >= 4 is 28.7 Å². The topological polar surface area (TPSA) is 70.0 Å². The molecular formula is C22H21FN2O5S. The SMILES string of the molecule is COc1cc([C@@H]2CC(=O)N(c3cccc(F)c3)c3c2sc(=O)n3C)cc(OC)c1OC. The molecule has 0 fully saturated rings. The summed E-state index contributed by atoms with van der Waals surface area (Å²) < 4.78 is 31.6. The zero-order chi connectivity index (χ0) is 22.3. The Morgan fingerprint density at radius 1 is 1.03 bits per heavy atom. The predicted octanol–water partition coefficient (Wildman–Crippen LogP) is 3.81. The van der Waals surface area contributed by atoms with Crippen LogP contribution in [-0.4, -0.2) is 31.8 Å². The maximum Gasteiger partial charge on any atom is 0.308 e. The fraction of sp³-hybridized carbons (Fsp3) is 0.273. The van der Waals surface area contributed by atoms with Gasteiger partial charge in [0.15, 0.2) is 11.5 Å². The van der Waals surface area contributed by atoms with Gasteiger partial charge in [-0.25, -0.2) is 4.39 Å². The number of amides is 1. The molecule has 1 atom stereocenters. The second-order valence-electron chi connectivity index (χ2n) is 7.04. The third-order valence-corrected chi connectivity index (χ3v) is 6.46. The summed E-state index contributed by atoms with van der Waals surface area (Å²) in [5.74, 6) is 0.710. The van der Waals surface area contributed by atoms with Gasteiger partial charge in [-0.3, -0.25) is 19.1 Å². The van der Waals surface area contributed by atoms with E-state index in [1.807, 2.05) is 0 Å². The molecule has 0 N–H and O–H groups in total. The molecule has 4 rings (SSSR count). The third-order valence-electron chi connectivity index (χ3n) is 5.32. The maximum atomic E-state index is 13.9. The summed E-state index contributed by atoms with van der Waals surface area (Å²) in [5, 5.41) is 0. The van der Waals surface area contributed by atoms with Crippen molar-refractivity contribution in [2.45, 2.75) is 12.3 Å². The lowest BCUT2D eigenvalue weighted by atomic mass is 9.90. The number of carbonyl (C=O) groups excluding carboxylic acids is 1. The number of hydrogen-bond donors (Lipinski definition) is 0. The monoisotopic (exact) mass is 444 g/mol. The van der Waals surface area contributed by atoms with Crippen LogP contribution in [-0.2, 0) is 11.8 Å². The van der Waals surface area contributed by atoms with Crippen molar-refractivity contribution in [3.63, 3.8) is 0 Å². The molecule has 3 aromatic rings. The number of benzene rings is 2. The molecule has 0 radical (unpaired) electrons. The van der Waals surface area contributed by atoms with Gasteiger partial charge in [0.1, 0.15) is 11.6 Å². The summed E-state index contributed by atoms with van der Waals surface area (Å²) >= 11 is 1.07. The van der Waals surface area contributed by atoms with Gasteiger partial charge in [-0.15, -0.1) is 0 Å². The molecule has 31 heavy (non-hydrogen) atoms. The van der Waals surface area contributed by atoms with E-state index in [2.05, 4.69) is 0 Å². The van der Waals surface area contributed by atoms with Crippen LogP contribution < -0.4 is 24.0 Å². The van der Waals surface area contributed by atoms with Gasteiger partial charge in [0, 0.05) is 19.4 Å². The Morgan fingerprint density at radius 2 is 1.71 bits per heavy atom. The third kappa shape index (κ3) is 3.44. The van der Waals surface area contributed by atoms with Crippen molar-refractivity contribution in [3.05, 3.63) is 62.3 Å². The van der Waals surface area contributed by atoms with Crippen LogP contribution in [0.3, 0.4) is 0 Å². The number of aromatic nitrogens is 1. The summed E-state index contributed by atoms with van der Waals surface area (Å²) in [6.07, 6.45) is 0.0993. The Balaban J connectivity index is 1.91. The number of fused-ring (bicyclic) bond motifs is 1. The summed E-state index contributed by atoms with van der Waals surface area (Å²) in [4.78, 5) is 27.7. The van der Waals surface area contributed by atoms with Crippen molar-refractivity contribution in [2.75, 3.05) is 26.2 Å². The highest BCUT2D eigenvalue weighted by Crippen LogP contribution is 2.48. The fourth-order valence-corrected chi connectivity index (χ4v) is 4.97. The Morgan fingerprint density at radius 3 is 2.29 bits per heavy atom. The number of anilines is 2. The summed E-state index contributed by atoms with van der Waals surface area (Å²) in [5.41, 5.74) is 1.13. The second-order valence-corrected chi connectivity index (χ2v) is 8.03. The summed E-state index contributed by atoms with van der Waals surface area (Å²) in [6, 6.07) is 9.34. The fourth-order valence-electron chi connectivity index (χ4n) is 3.88. The zero-order valence-electron chi connectivity index (χ0n) is 17.5. The molecular weight excluding hydrogens is 423 g/mol. The molecule has 9 heteroatoms. The first kappa shape index (κ1) is 20.9. The lowest BCUT2D eigenvalue weighted by Crippen LogP contribution is -2.34. The molecule has 0 saturated carbocycles. The van der Waals surface area contributed by atoms with E-state index in [-0.39, 0.29) is 23.1 Å². The van der Waals surface area contributed by atoms with E-state index in [0.29, 0.717) is 33.6 Å². The quantitative estimate of drug-likeness (QED) is 0.599. The van der Waals surface area contributed by atoms with Crippen LogP contribution >= 0.6 is 11.3 Å². The number of thiazole rings is 1. The first-order chi connectivity index (χ1) is 14.9. The van der Waals surface area contributed by atoms with Crippen LogP contribution in [0.1, 0.15) is 22.8 Å². The van der Waals surface area contributed by atoms with Crippen molar-refractivity contribution in [1.29, 1.82) is 0 Å². The minimum absolute atomic E-state index is 0.0993. The van der Waals surface area contributed by atoms with Crippen LogP contribution in [0.5, 0.6) is 17.2 Å². The Hall–Kier alpha value is -3.33. The van der Waals surface area contributed by atoms with Gasteiger partial charge < -0.3 is 14.2 Å². The summed E-state index contributed by atoms with van der Waals surface area (Å²) in [7, 11) is 6.16. The average molecular weight is 444 g/mol. The predicted molar refractivity (Wildman–Crippen MR) is 116 cm³/mol. The van der Waals surface area contributed by atoms with E-state index in [9.17, 15) is 14.0 Å². The van der Waals surface area contributed by atoms with E-state index in [4.69, 9.17) is 14.2 Å². The number of hydrogen-bond acceptors (Lipinski definition) is 6. The van der Waals surface area contributed by atoms with Crippen LogP contribution in [0.4, 0.5) is 15.9 Å². The first-order valence-corrected chi connectivity index (χ1v) is 10.3. The van der Waals surface area contributed by atoms with E-state index >= 15 is 0 Å². The lowest BCUT2D eigenvalue weighted by Gasteiger charge is -2.32. The molecule has 0 saturated heterocycles. The zero-order valence-corrected chi connectivity index (χ0v) is 18.3. The van der Waals surface area contributed by atoms with Gasteiger partial charge in [-0.2, -0.15) is 0 Å². The minimum Gasteiger partial charge on any atom is -0.493 e. The maximum absolute atomic E-state index is 13.9. The van der Waals surface area contributed by atoms with Gasteiger partial charge in [0.2, 0.25) is 11.7 Å². The van der Waals surface area contributed by atoms with E-state index in [1.165, 1.54) is 49.0 Å². The van der Waals surface area contributed by atoms with E-state index in [0.717, 1.165) is 16.9 Å². The molecule has 0 spiro atoms. The number of ether oxygens (including phenoxy) is 3. The number of rotatable bonds is 5. The van der Waals surface area contributed by atoms with E-state index in [1.54, 1.807) is 25.2 Å². The molecule has 1 amide bonds. The molecule has 2 aromatic carbocycles. The van der Waals surface area contributed by atoms with Crippen LogP contribution in [0.25, 0.3) is 0 Å². The van der Waals surface area contributed by atoms with Gasteiger partial charge in [0.25, 0.3) is 0 Å². The molecule has 0 bridgehead atoms. The molecule has 0 aliphatic carbocycles. The summed E-state index contributed by atoms with van der Waals surface area (Å²) in [6.45, 7) is 0. The van der Waals surface area contributed by atoms with Crippen molar-refractivity contribution in [3.8, 4) is 17.2 Å². The number of methoxy groups -OCH3 is 3. The molecule has 1 aromatic heterocycles. The molecule has 0 unspecified atom stereocenters. The van der Waals surface area contributed by atoms with Crippen molar-refractivity contribution in [1.82, 2.24) is 4.57 Å². The Labute approximate surface area is 182 Å². The number of carbonyl (C=O) groups is 1. The molecule has 2 heterocycles. The second kappa shape index (κ2) is 8.07.